The molecule has 10 heteroatoms. The fourth-order valence-corrected chi connectivity index (χ4v) is 4.73. The van der Waals surface area contributed by atoms with Gasteiger partial charge in [-0.25, -0.2) is 8.42 Å². The zero-order chi connectivity index (χ0) is 24.0. The third-order valence-corrected chi connectivity index (χ3v) is 7.21. The van der Waals surface area contributed by atoms with Crippen molar-refractivity contribution in [3.05, 3.63) is 65.2 Å². The summed E-state index contributed by atoms with van der Waals surface area (Å²) in [6.45, 7) is 4.25. The molecule has 176 valence electrons. The van der Waals surface area contributed by atoms with E-state index in [2.05, 4.69) is 16.0 Å². The average molecular weight is 473 g/mol. The van der Waals surface area contributed by atoms with Crippen molar-refractivity contribution in [1.29, 1.82) is 0 Å². The van der Waals surface area contributed by atoms with Gasteiger partial charge >= 0.3 is 0 Å². The Morgan fingerprint density at radius 2 is 1.79 bits per heavy atom. The Kier molecular flexibility index (Phi) is 7.83. The molecule has 0 saturated carbocycles. The van der Waals surface area contributed by atoms with E-state index in [0.29, 0.717) is 5.56 Å². The number of sulfonamides is 1. The van der Waals surface area contributed by atoms with Gasteiger partial charge in [0, 0.05) is 36.8 Å². The van der Waals surface area contributed by atoms with Gasteiger partial charge < -0.3 is 16.0 Å². The van der Waals surface area contributed by atoms with Gasteiger partial charge in [-0.05, 0) is 49.2 Å². The number of nitrogens with zero attached hydrogens (tertiary/aromatic N) is 1. The number of hydrogen-bond acceptors (Lipinski definition) is 5. The number of amides is 3. The van der Waals surface area contributed by atoms with E-state index >= 15 is 0 Å². The van der Waals surface area contributed by atoms with E-state index in [1.54, 1.807) is 24.3 Å². The summed E-state index contributed by atoms with van der Waals surface area (Å²) in [5.41, 5.74) is 1.42. The first-order valence-corrected chi connectivity index (χ1v) is 12.2. The Morgan fingerprint density at radius 1 is 1.09 bits per heavy atom. The molecule has 3 rings (SSSR count). The monoisotopic (exact) mass is 472 g/mol. The van der Waals surface area contributed by atoms with Crippen LogP contribution in [0.15, 0.2) is 53.4 Å². The third kappa shape index (κ3) is 6.17. The van der Waals surface area contributed by atoms with Gasteiger partial charge in [0.05, 0.1) is 11.4 Å². The van der Waals surface area contributed by atoms with Gasteiger partial charge in [0.15, 0.2) is 0 Å². The quantitative estimate of drug-likeness (QED) is 0.534. The first kappa shape index (κ1) is 24.4. The van der Waals surface area contributed by atoms with Crippen molar-refractivity contribution in [1.82, 2.24) is 20.3 Å². The number of benzene rings is 2. The Bertz CT molecular complexity index is 1150. The van der Waals surface area contributed by atoms with Crippen molar-refractivity contribution in [2.24, 2.45) is 0 Å². The molecule has 1 fully saturated rings. The molecule has 1 aliphatic heterocycles. The summed E-state index contributed by atoms with van der Waals surface area (Å²) >= 11 is 0. The fraction of sp³-hybridized carbons (Fsp3) is 0.348. The van der Waals surface area contributed by atoms with E-state index < -0.39 is 15.9 Å². The van der Waals surface area contributed by atoms with Crippen molar-refractivity contribution in [3.8, 4) is 0 Å². The van der Waals surface area contributed by atoms with Gasteiger partial charge in [0.25, 0.3) is 11.8 Å². The summed E-state index contributed by atoms with van der Waals surface area (Å²) in [7, 11) is -3.90. The lowest BCUT2D eigenvalue weighted by molar-refractivity contribution is -0.122. The molecule has 0 aromatic heterocycles. The molecule has 1 saturated heterocycles. The zero-order valence-corrected chi connectivity index (χ0v) is 19.4. The molecule has 3 N–H and O–H groups in total. The molecule has 0 bridgehead atoms. The summed E-state index contributed by atoms with van der Waals surface area (Å²) in [5, 5.41) is 8.24. The van der Waals surface area contributed by atoms with Crippen LogP contribution >= 0.6 is 0 Å². The number of hydrogen-bond donors (Lipinski definition) is 3. The first-order chi connectivity index (χ1) is 15.7. The minimum atomic E-state index is -3.90. The van der Waals surface area contributed by atoms with E-state index in [4.69, 9.17) is 0 Å². The van der Waals surface area contributed by atoms with E-state index in [1.165, 1.54) is 24.3 Å². The number of rotatable bonds is 8. The third-order valence-electron chi connectivity index (χ3n) is 5.37. The molecule has 0 aliphatic carbocycles. The van der Waals surface area contributed by atoms with E-state index in [-0.39, 0.29) is 54.5 Å². The SMILES string of the molecule is CCC(C)NC(=O)c1cccc(CNC(=O)c2cccc(S(=O)(=O)N3CCNC(=O)C3)c2)c1. The summed E-state index contributed by atoms with van der Waals surface area (Å²) in [6, 6.07) is 12.7. The molecular weight excluding hydrogens is 444 g/mol. The Hall–Kier alpha value is -3.24. The van der Waals surface area contributed by atoms with E-state index in [0.717, 1.165) is 16.3 Å². The maximum atomic E-state index is 12.9. The minimum absolute atomic E-state index is 0.0476. The average Bonchev–Trinajstić information content (AvgIpc) is 2.82. The molecule has 9 nitrogen and oxygen atoms in total. The minimum Gasteiger partial charge on any atom is -0.354 e. The van der Waals surface area contributed by atoms with Crippen molar-refractivity contribution < 1.29 is 22.8 Å². The number of piperazine rings is 1. The van der Waals surface area contributed by atoms with Crippen LogP contribution in [0.5, 0.6) is 0 Å². The van der Waals surface area contributed by atoms with Gasteiger partial charge in [-0.1, -0.05) is 25.1 Å². The lowest BCUT2D eigenvalue weighted by atomic mass is 10.1. The van der Waals surface area contributed by atoms with Crippen LogP contribution in [0.25, 0.3) is 0 Å². The predicted octanol–water partition coefficient (Wildman–Crippen LogP) is 1.27. The van der Waals surface area contributed by atoms with Crippen LogP contribution < -0.4 is 16.0 Å². The van der Waals surface area contributed by atoms with Crippen LogP contribution in [-0.2, 0) is 21.4 Å². The normalized spacial score (nSPS) is 15.4. The lowest BCUT2D eigenvalue weighted by Gasteiger charge is -2.26. The van der Waals surface area contributed by atoms with Crippen molar-refractivity contribution in [3.63, 3.8) is 0 Å². The highest BCUT2D eigenvalue weighted by atomic mass is 32.2. The largest absolute Gasteiger partial charge is 0.354 e. The molecule has 2 aromatic carbocycles. The Balaban J connectivity index is 1.68. The van der Waals surface area contributed by atoms with Gasteiger partial charge in [-0.3, -0.25) is 14.4 Å². The highest BCUT2D eigenvalue weighted by Crippen LogP contribution is 2.18. The Morgan fingerprint density at radius 3 is 2.48 bits per heavy atom. The molecule has 1 unspecified atom stereocenters. The fourth-order valence-electron chi connectivity index (χ4n) is 3.28. The molecule has 1 atom stereocenters. The maximum Gasteiger partial charge on any atom is 0.251 e. The number of nitrogens with one attached hydrogen (secondary N) is 3. The van der Waals surface area contributed by atoms with Gasteiger partial charge in [-0.15, -0.1) is 0 Å². The van der Waals surface area contributed by atoms with Gasteiger partial charge in [-0.2, -0.15) is 4.31 Å². The Labute approximate surface area is 193 Å². The van der Waals surface area contributed by atoms with Gasteiger partial charge in [0.2, 0.25) is 15.9 Å². The van der Waals surface area contributed by atoms with Crippen LogP contribution in [-0.4, -0.2) is 56.1 Å². The second-order valence-electron chi connectivity index (χ2n) is 7.88. The zero-order valence-electron chi connectivity index (χ0n) is 18.6. The predicted molar refractivity (Wildman–Crippen MR) is 123 cm³/mol. The summed E-state index contributed by atoms with van der Waals surface area (Å²) in [6.07, 6.45) is 0.821. The first-order valence-electron chi connectivity index (χ1n) is 10.8. The molecule has 2 aromatic rings. The topological polar surface area (TPSA) is 125 Å². The lowest BCUT2D eigenvalue weighted by Crippen LogP contribution is -2.49. The molecular formula is C23H28N4O5S. The van der Waals surface area contributed by atoms with Crippen LogP contribution in [0, 0.1) is 0 Å². The second kappa shape index (κ2) is 10.6. The van der Waals surface area contributed by atoms with E-state index in [1.807, 2.05) is 13.8 Å². The van der Waals surface area contributed by atoms with Crippen molar-refractivity contribution >= 4 is 27.7 Å². The highest BCUT2D eigenvalue weighted by molar-refractivity contribution is 7.89. The number of carbonyl (C=O) groups is 3. The number of carbonyl (C=O) groups excluding carboxylic acids is 3. The molecule has 3 amide bonds. The van der Waals surface area contributed by atoms with Crippen molar-refractivity contribution in [2.45, 2.75) is 37.8 Å². The van der Waals surface area contributed by atoms with E-state index in [9.17, 15) is 22.8 Å². The summed E-state index contributed by atoms with van der Waals surface area (Å²) in [4.78, 5) is 36.5. The van der Waals surface area contributed by atoms with Crippen LogP contribution in [0.2, 0.25) is 0 Å². The maximum absolute atomic E-state index is 12.9. The molecule has 33 heavy (non-hydrogen) atoms. The smallest absolute Gasteiger partial charge is 0.251 e. The van der Waals surface area contributed by atoms with Crippen molar-refractivity contribution in [2.75, 3.05) is 19.6 Å². The van der Waals surface area contributed by atoms with Gasteiger partial charge in [0.1, 0.15) is 0 Å². The second-order valence-corrected chi connectivity index (χ2v) is 9.82. The highest BCUT2D eigenvalue weighted by Gasteiger charge is 2.29. The summed E-state index contributed by atoms with van der Waals surface area (Å²) in [5.74, 6) is -0.987. The van der Waals surface area contributed by atoms with Crippen LogP contribution in [0.1, 0.15) is 46.5 Å². The molecule has 1 aliphatic rings. The van der Waals surface area contributed by atoms with Crippen LogP contribution in [0.3, 0.4) is 0 Å². The molecule has 0 radical (unpaired) electrons. The molecule has 1 heterocycles. The molecule has 0 spiro atoms. The summed E-state index contributed by atoms with van der Waals surface area (Å²) < 4.78 is 26.8. The van der Waals surface area contributed by atoms with Crippen LogP contribution in [0.4, 0.5) is 0 Å². The standard InChI is InChI=1S/C23H28N4O5S/c1-3-16(2)26-23(30)18-7-4-6-17(12-18)14-25-22(29)19-8-5-9-20(13-19)33(31,32)27-11-10-24-21(28)15-27/h4-9,12-13,16H,3,10-11,14-15H2,1-2H3,(H,24,28)(H,25,29)(H,26,30).